The standard InChI is InChI=1S/C18H20N2O5/c21-15-12-16(19-4-8-23-9-5-19)25-17-13(15)2-1-3-14(17)18(22)20-6-10-24-11-7-20/h1-3,12H,4-11H2. The van der Waals surface area contributed by atoms with Crippen molar-refractivity contribution in [3.63, 3.8) is 0 Å². The number of para-hydroxylation sites is 1. The molecule has 7 heteroatoms. The Morgan fingerprint density at radius 1 is 0.960 bits per heavy atom. The molecule has 4 rings (SSSR count). The average Bonchev–Trinajstić information content (AvgIpc) is 2.68. The van der Waals surface area contributed by atoms with Gasteiger partial charge in [0.2, 0.25) is 0 Å². The smallest absolute Gasteiger partial charge is 0.257 e. The van der Waals surface area contributed by atoms with Crippen molar-refractivity contribution >= 4 is 22.8 Å². The number of benzene rings is 1. The summed E-state index contributed by atoms with van der Waals surface area (Å²) < 4.78 is 16.7. The predicted octanol–water partition coefficient (Wildman–Crippen LogP) is 1.10. The fraction of sp³-hybridized carbons (Fsp3) is 0.444. The van der Waals surface area contributed by atoms with E-state index in [1.54, 1.807) is 23.1 Å². The number of fused-ring (bicyclic) bond motifs is 1. The Bertz CT molecular complexity index is 835. The molecule has 1 amide bonds. The van der Waals surface area contributed by atoms with Crippen molar-refractivity contribution in [3.8, 4) is 0 Å². The SMILES string of the molecule is O=C(c1cccc2c(=O)cc(N3CCOCC3)oc12)N1CCOCC1. The zero-order valence-electron chi connectivity index (χ0n) is 13.9. The highest BCUT2D eigenvalue weighted by atomic mass is 16.5. The maximum Gasteiger partial charge on any atom is 0.257 e. The Labute approximate surface area is 144 Å². The van der Waals surface area contributed by atoms with E-state index in [-0.39, 0.29) is 11.3 Å². The number of carbonyl (C=O) groups is 1. The number of ether oxygens (including phenoxy) is 2. The van der Waals surface area contributed by atoms with Gasteiger partial charge in [0.15, 0.2) is 16.9 Å². The lowest BCUT2D eigenvalue weighted by Gasteiger charge is -2.28. The molecule has 2 fully saturated rings. The quantitative estimate of drug-likeness (QED) is 0.812. The third kappa shape index (κ3) is 3.12. The first-order valence-electron chi connectivity index (χ1n) is 8.50. The van der Waals surface area contributed by atoms with Gasteiger partial charge in [-0.15, -0.1) is 0 Å². The second-order valence-electron chi connectivity index (χ2n) is 6.14. The van der Waals surface area contributed by atoms with E-state index in [4.69, 9.17) is 13.9 Å². The lowest BCUT2D eigenvalue weighted by molar-refractivity contribution is 0.0303. The summed E-state index contributed by atoms with van der Waals surface area (Å²) in [5.41, 5.74) is 0.638. The van der Waals surface area contributed by atoms with E-state index in [2.05, 4.69) is 0 Å². The first-order valence-corrected chi connectivity index (χ1v) is 8.50. The fourth-order valence-electron chi connectivity index (χ4n) is 3.21. The molecule has 0 atom stereocenters. The summed E-state index contributed by atoms with van der Waals surface area (Å²) >= 11 is 0. The van der Waals surface area contributed by atoms with Crippen LogP contribution in [0.25, 0.3) is 11.0 Å². The topological polar surface area (TPSA) is 72.2 Å². The molecule has 0 radical (unpaired) electrons. The molecule has 25 heavy (non-hydrogen) atoms. The highest BCUT2D eigenvalue weighted by molar-refractivity contribution is 6.04. The molecule has 0 unspecified atom stereocenters. The highest BCUT2D eigenvalue weighted by Gasteiger charge is 2.23. The van der Waals surface area contributed by atoms with Crippen LogP contribution in [0.15, 0.2) is 33.5 Å². The molecular weight excluding hydrogens is 324 g/mol. The minimum absolute atomic E-state index is 0.129. The third-order valence-corrected chi connectivity index (χ3v) is 4.59. The van der Waals surface area contributed by atoms with Gasteiger partial charge in [-0.25, -0.2) is 0 Å². The van der Waals surface area contributed by atoms with Gasteiger partial charge >= 0.3 is 0 Å². The van der Waals surface area contributed by atoms with Crippen molar-refractivity contribution in [1.29, 1.82) is 0 Å². The Morgan fingerprint density at radius 2 is 1.64 bits per heavy atom. The normalized spacial score (nSPS) is 18.6. The molecule has 2 aromatic rings. The lowest BCUT2D eigenvalue weighted by Crippen LogP contribution is -2.40. The van der Waals surface area contributed by atoms with Crippen LogP contribution in [0.1, 0.15) is 10.4 Å². The van der Waals surface area contributed by atoms with Crippen LogP contribution >= 0.6 is 0 Å². The second-order valence-corrected chi connectivity index (χ2v) is 6.14. The van der Waals surface area contributed by atoms with Crippen molar-refractivity contribution in [3.05, 3.63) is 40.1 Å². The lowest BCUT2D eigenvalue weighted by atomic mass is 10.1. The van der Waals surface area contributed by atoms with Crippen LogP contribution < -0.4 is 10.3 Å². The summed E-state index contributed by atoms with van der Waals surface area (Å²) in [4.78, 5) is 29.1. The Kier molecular flexibility index (Phi) is 4.42. The van der Waals surface area contributed by atoms with Crippen LogP contribution in [0.3, 0.4) is 0 Å². The van der Waals surface area contributed by atoms with E-state index in [1.807, 2.05) is 4.90 Å². The molecule has 0 saturated carbocycles. The van der Waals surface area contributed by atoms with Crippen LogP contribution in [0.2, 0.25) is 0 Å². The molecule has 0 aliphatic carbocycles. The van der Waals surface area contributed by atoms with Crippen LogP contribution in [0.5, 0.6) is 0 Å². The zero-order chi connectivity index (χ0) is 17.2. The van der Waals surface area contributed by atoms with E-state index in [9.17, 15) is 9.59 Å². The monoisotopic (exact) mass is 344 g/mol. The molecule has 0 spiro atoms. The molecule has 0 bridgehead atoms. The van der Waals surface area contributed by atoms with Crippen molar-refractivity contribution in [2.75, 3.05) is 57.5 Å². The molecule has 1 aromatic heterocycles. The minimum atomic E-state index is -0.139. The van der Waals surface area contributed by atoms with Gasteiger partial charge in [0.05, 0.1) is 37.4 Å². The molecule has 3 heterocycles. The van der Waals surface area contributed by atoms with Gasteiger partial charge in [0, 0.05) is 32.2 Å². The number of hydrogen-bond donors (Lipinski definition) is 0. The van der Waals surface area contributed by atoms with Crippen LogP contribution in [0, 0.1) is 0 Å². The summed E-state index contributed by atoms with van der Waals surface area (Å²) in [7, 11) is 0. The molecule has 1 aromatic carbocycles. The predicted molar refractivity (Wildman–Crippen MR) is 92.2 cm³/mol. The Balaban J connectivity index is 1.77. The number of morpholine rings is 2. The van der Waals surface area contributed by atoms with Gasteiger partial charge in [-0.3, -0.25) is 9.59 Å². The van der Waals surface area contributed by atoms with Gasteiger partial charge in [-0.05, 0) is 12.1 Å². The number of hydrogen-bond acceptors (Lipinski definition) is 6. The number of anilines is 1. The summed E-state index contributed by atoms with van der Waals surface area (Å²) in [5, 5.41) is 0.427. The Hall–Kier alpha value is -2.38. The maximum atomic E-state index is 12.9. The van der Waals surface area contributed by atoms with E-state index in [0.29, 0.717) is 75.0 Å². The molecule has 2 aliphatic heterocycles. The minimum Gasteiger partial charge on any atom is -0.439 e. The van der Waals surface area contributed by atoms with Crippen molar-refractivity contribution in [2.45, 2.75) is 0 Å². The molecule has 2 saturated heterocycles. The third-order valence-electron chi connectivity index (χ3n) is 4.59. The second kappa shape index (κ2) is 6.85. The van der Waals surface area contributed by atoms with Gasteiger partial charge in [-0.1, -0.05) is 6.07 Å². The number of carbonyl (C=O) groups excluding carboxylic acids is 1. The highest BCUT2D eigenvalue weighted by Crippen LogP contribution is 2.24. The molecule has 2 aliphatic rings. The summed E-state index contributed by atoms with van der Waals surface area (Å²) in [5.74, 6) is 0.360. The molecular formula is C18H20N2O5. The zero-order valence-corrected chi connectivity index (χ0v) is 13.9. The van der Waals surface area contributed by atoms with Crippen molar-refractivity contribution in [2.24, 2.45) is 0 Å². The van der Waals surface area contributed by atoms with E-state index >= 15 is 0 Å². The number of rotatable bonds is 2. The molecule has 7 nitrogen and oxygen atoms in total. The Morgan fingerprint density at radius 3 is 2.36 bits per heavy atom. The van der Waals surface area contributed by atoms with Crippen LogP contribution in [-0.2, 0) is 9.47 Å². The van der Waals surface area contributed by atoms with E-state index in [0.717, 1.165) is 0 Å². The van der Waals surface area contributed by atoms with Crippen LogP contribution in [-0.4, -0.2) is 63.4 Å². The van der Waals surface area contributed by atoms with Gasteiger partial charge in [-0.2, -0.15) is 0 Å². The summed E-state index contributed by atoms with van der Waals surface area (Å²) in [6.45, 7) is 4.65. The van der Waals surface area contributed by atoms with Crippen LogP contribution in [0.4, 0.5) is 5.88 Å². The summed E-state index contributed by atoms with van der Waals surface area (Å²) in [6, 6.07) is 6.63. The van der Waals surface area contributed by atoms with Gasteiger partial charge in [0.1, 0.15) is 0 Å². The summed E-state index contributed by atoms with van der Waals surface area (Å²) in [6.07, 6.45) is 0. The van der Waals surface area contributed by atoms with E-state index in [1.165, 1.54) is 6.07 Å². The molecule has 132 valence electrons. The largest absolute Gasteiger partial charge is 0.439 e. The molecule has 0 N–H and O–H groups in total. The maximum absolute atomic E-state index is 12.9. The fourth-order valence-corrected chi connectivity index (χ4v) is 3.21. The first-order chi connectivity index (χ1) is 12.2. The van der Waals surface area contributed by atoms with Gasteiger partial charge < -0.3 is 23.7 Å². The average molecular weight is 344 g/mol. The van der Waals surface area contributed by atoms with E-state index < -0.39 is 0 Å². The number of amides is 1. The van der Waals surface area contributed by atoms with Crippen molar-refractivity contribution in [1.82, 2.24) is 4.90 Å². The van der Waals surface area contributed by atoms with Crippen molar-refractivity contribution < 1.29 is 18.7 Å². The first kappa shape index (κ1) is 16.1. The van der Waals surface area contributed by atoms with Gasteiger partial charge in [0.25, 0.3) is 5.91 Å². The number of nitrogens with zero attached hydrogens (tertiary/aromatic N) is 2.